The summed E-state index contributed by atoms with van der Waals surface area (Å²) in [6, 6.07) is 17.9. The van der Waals surface area contributed by atoms with E-state index in [1.165, 1.54) is 0 Å². The lowest BCUT2D eigenvalue weighted by atomic mass is 10.1. The van der Waals surface area contributed by atoms with Gasteiger partial charge in [0.05, 0.1) is 0 Å². The Hall–Kier alpha value is -2.55. The molecule has 2 N–H and O–H groups in total. The predicted octanol–water partition coefficient (Wildman–Crippen LogP) is 3.40. The summed E-state index contributed by atoms with van der Waals surface area (Å²) in [6.45, 7) is 0.562. The van der Waals surface area contributed by atoms with Crippen molar-refractivity contribution in [1.82, 2.24) is 4.98 Å². The minimum absolute atomic E-state index is 0.521. The highest BCUT2D eigenvalue weighted by atomic mass is 16.5. The zero-order valence-electron chi connectivity index (χ0n) is 10.4. The van der Waals surface area contributed by atoms with Gasteiger partial charge in [0.25, 0.3) is 0 Å². The Bertz CT molecular complexity index is 695. The van der Waals surface area contributed by atoms with Crippen molar-refractivity contribution in [1.29, 1.82) is 0 Å². The number of anilines is 1. The van der Waals surface area contributed by atoms with Gasteiger partial charge in [0.15, 0.2) is 0 Å². The third-order valence-electron chi connectivity index (χ3n) is 2.96. The lowest BCUT2D eigenvalue weighted by Gasteiger charge is -2.07. The maximum Gasteiger partial charge on any atom is 0.123 e. The Labute approximate surface area is 111 Å². The van der Waals surface area contributed by atoms with Gasteiger partial charge in [-0.3, -0.25) is 0 Å². The monoisotopic (exact) mass is 250 g/mol. The summed E-state index contributed by atoms with van der Waals surface area (Å²) in [4.78, 5) is 4.07. The highest BCUT2D eigenvalue weighted by Gasteiger charge is 1.99. The molecule has 0 aliphatic rings. The molecule has 3 rings (SSSR count). The number of rotatable bonds is 3. The van der Waals surface area contributed by atoms with Gasteiger partial charge in [-0.25, -0.2) is 4.98 Å². The van der Waals surface area contributed by atoms with E-state index >= 15 is 0 Å². The van der Waals surface area contributed by atoms with Gasteiger partial charge in [-0.2, -0.15) is 0 Å². The number of hydrogen-bond acceptors (Lipinski definition) is 3. The van der Waals surface area contributed by atoms with Crippen LogP contribution in [0.3, 0.4) is 0 Å². The van der Waals surface area contributed by atoms with Crippen molar-refractivity contribution >= 4 is 16.6 Å². The van der Waals surface area contributed by atoms with Crippen molar-refractivity contribution in [2.45, 2.75) is 6.61 Å². The van der Waals surface area contributed by atoms with Crippen molar-refractivity contribution < 1.29 is 4.74 Å². The van der Waals surface area contributed by atoms with Gasteiger partial charge in [-0.1, -0.05) is 30.3 Å². The van der Waals surface area contributed by atoms with E-state index in [0.29, 0.717) is 12.4 Å². The van der Waals surface area contributed by atoms with Crippen molar-refractivity contribution in [3.63, 3.8) is 0 Å². The lowest BCUT2D eigenvalue weighted by Crippen LogP contribution is -1.95. The molecule has 0 aliphatic heterocycles. The van der Waals surface area contributed by atoms with Gasteiger partial charge in [-0.15, -0.1) is 0 Å². The number of nitrogen functional groups attached to an aromatic ring is 1. The molecule has 0 spiro atoms. The van der Waals surface area contributed by atoms with E-state index in [1.807, 2.05) is 54.6 Å². The van der Waals surface area contributed by atoms with E-state index in [-0.39, 0.29) is 0 Å². The average Bonchev–Trinajstić information content (AvgIpc) is 2.46. The topological polar surface area (TPSA) is 48.1 Å². The summed E-state index contributed by atoms with van der Waals surface area (Å²) in [6.07, 6.45) is 1.77. The molecule has 0 radical (unpaired) electrons. The fourth-order valence-corrected chi connectivity index (χ4v) is 1.97. The Morgan fingerprint density at radius 3 is 2.63 bits per heavy atom. The molecule has 3 nitrogen and oxygen atoms in total. The van der Waals surface area contributed by atoms with Crippen LogP contribution in [0, 0.1) is 0 Å². The Kier molecular flexibility index (Phi) is 3.02. The number of hydrogen-bond donors (Lipinski definition) is 1. The number of aromatic nitrogens is 1. The normalized spacial score (nSPS) is 10.5. The van der Waals surface area contributed by atoms with Crippen LogP contribution in [0.1, 0.15) is 5.56 Å². The van der Waals surface area contributed by atoms with E-state index in [0.717, 1.165) is 22.1 Å². The van der Waals surface area contributed by atoms with Crippen molar-refractivity contribution in [3.05, 3.63) is 66.4 Å². The molecule has 0 saturated heterocycles. The van der Waals surface area contributed by atoms with Crippen LogP contribution in [0.4, 0.5) is 5.82 Å². The number of fused-ring (bicyclic) bond motifs is 1. The average molecular weight is 250 g/mol. The van der Waals surface area contributed by atoms with Crippen molar-refractivity contribution in [2.24, 2.45) is 0 Å². The third kappa shape index (κ3) is 2.65. The van der Waals surface area contributed by atoms with E-state index in [9.17, 15) is 0 Å². The molecule has 0 fully saturated rings. The molecule has 1 heterocycles. The second-order valence-corrected chi connectivity index (χ2v) is 4.39. The van der Waals surface area contributed by atoms with E-state index in [4.69, 9.17) is 10.5 Å². The van der Waals surface area contributed by atoms with Gasteiger partial charge in [0, 0.05) is 11.6 Å². The number of pyridine rings is 1. The largest absolute Gasteiger partial charge is 0.489 e. The molecule has 0 saturated carbocycles. The summed E-state index contributed by atoms with van der Waals surface area (Å²) < 4.78 is 5.78. The highest BCUT2D eigenvalue weighted by Crippen LogP contribution is 2.22. The zero-order valence-corrected chi connectivity index (χ0v) is 10.4. The van der Waals surface area contributed by atoms with Crippen LogP contribution in [-0.2, 0) is 6.61 Å². The summed E-state index contributed by atoms with van der Waals surface area (Å²) in [7, 11) is 0. The first-order valence-electron chi connectivity index (χ1n) is 6.13. The maximum absolute atomic E-state index is 5.78. The molecule has 3 aromatic rings. The van der Waals surface area contributed by atoms with Crippen LogP contribution in [-0.4, -0.2) is 4.98 Å². The second-order valence-electron chi connectivity index (χ2n) is 4.39. The Morgan fingerprint density at radius 1 is 0.947 bits per heavy atom. The maximum atomic E-state index is 5.78. The smallest absolute Gasteiger partial charge is 0.123 e. The number of benzene rings is 2. The Morgan fingerprint density at radius 2 is 1.79 bits per heavy atom. The summed E-state index contributed by atoms with van der Waals surface area (Å²) in [5.74, 6) is 1.36. The first-order chi connectivity index (χ1) is 9.31. The number of nitrogens with two attached hydrogens (primary N) is 1. The van der Waals surface area contributed by atoms with Gasteiger partial charge in [0.1, 0.15) is 18.2 Å². The molecule has 2 aromatic carbocycles. The van der Waals surface area contributed by atoms with Gasteiger partial charge < -0.3 is 10.5 Å². The standard InChI is InChI=1S/C16H14N2O/c17-16-9-14-8-15(7-6-13(14)10-18-16)19-11-12-4-2-1-3-5-12/h1-10H,11H2,(H2,17,18). The molecule has 0 amide bonds. The van der Waals surface area contributed by atoms with E-state index < -0.39 is 0 Å². The molecule has 19 heavy (non-hydrogen) atoms. The fourth-order valence-electron chi connectivity index (χ4n) is 1.97. The Balaban J connectivity index is 1.81. The summed E-state index contributed by atoms with van der Waals surface area (Å²) in [5.41, 5.74) is 6.84. The van der Waals surface area contributed by atoms with Crippen LogP contribution in [0.5, 0.6) is 5.75 Å². The summed E-state index contributed by atoms with van der Waals surface area (Å²) in [5, 5.41) is 2.10. The lowest BCUT2D eigenvalue weighted by molar-refractivity contribution is 0.306. The van der Waals surface area contributed by atoms with Crippen LogP contribution in [0.25, 0.3) is 10.8 Å². The fraction of sp³-hybridized carbons (Fsp3) is 0.0625. The molecule has 94 valence electrons. The second kappa shape index (κ2) is 4.98. The minimum Gasteiger partial charge on any atom is -0.489 e. The molecule has 3 heteroatoms. The van der Waals surface area contributed by atoms with Crippen molar-refractivity contribution in [3.8, 4) is 5.75 Å². The molecular weight excluding hydrogens is 236 g/mol. The zero-order chi connectivity index (χ0) is 13.1. The van der Waals surface area contributed by atoms with Crippen LogP contribution in [0.15, 0.2) is 60.8 Å². The number of ether oxygens (including phenoxy) is 1. The third-order valence-corrected chi connectivity index (χ3v) is 2.96. The van der Waals surface area contributed by atoms with Gasteiger partial charge >= 0.3 is 0 Å². The SMILES string of the molecule is Nc1cc2cc(OCc3ccccc3)ccc2cn1. The number of nitrogens with zero attached hydrogens (tertiary/aromatic N) is 1. The van der Waals surface area contributed by atoms with Gasteiger partial charge in [0.2, 0.25) is 0 Å². The van der Waals surface area contributed by atoms with E-state index in [1.54, 1.807) is 6.20 Å². The van der Waals surface area contributed by atoms with Crippen molar-refractivity contribution in [2.75, 3.05) is 5.73 Å². The molecular formula is C16H14N2O. The summed E-state index contributed by atoms with van der Waals surface area (Å²) >= 11 is 0. The molecule has 1 aromatic heterocycles. The molecule has 0 bridgehead atoms. The highest BCUT2D eigenvalue weighted by molar-refractivity contribution is 5.84. The molecule has 0 atom stereocenters. The van der Waals surface area contributed by atoms with Crippen LogP contribution < -0.4 is 10.5 Å². The van der Waals surface area contributed by atoms with Crippen LogP contribution in [0.2, 0.25) is 0 Å². The van der Waals surface area contributed by atoms with E-state index in [2.05, 4.69) is 4.98 Å². The first kappa shape index (κ1) is 11.5. The van der Waals surface area contributed by atoms with Gasteiger partial charge in [-0.05, 0) is 35.2 Å². The molecule has 0 aliphatic carbocycles. The molecule has 0 unspecified atom stereocenters. The quantitative estimate of drug-likeness (QED) is 0.775. The van der Waals surface area contributed by atoms with Crippen LogP contribution >= 0.6 is 0 Å². The first-order valence-corrected chi connectivity index (χ1v) is 6.13. The predicted molar refractivity (Wildman–Crippen MR) is 76.9 cm³/mol. The minimum atomic E-state index is 0.521.